The largest absolute Gasteiger partial charge is 0.494 e. The number of carbonyl (C=O) groups is 1. The van der Waals surface area contributed by atoms with E-state index in [1.807, 2.05) is 6.92 Å². The molecule has 0 atom stereocenters. The highest BCUT2D eigenvalue weighted by Crippen LogP contribution is 2.29. The number of hydrogen-bond acceptors (Lipinski definition) is 4. The Kier molecular flexibility index (Phi) is 8.72. The van der Waals surface area contributed by atoms with Gasteiger partial charge in [-0.15, -0.1) is 0 Å². The minimum absolute atomic E-state index is 0.146. The number of unbranched alkanes of at least 4 members (excludes halogenated alkanes) is 5. The molecule has 0 radical (unpaired) electrons. The van der Waals surface area contributed by atoms with Crippen LogP contribution in [-0.4, -0.2) is 17.4 Å². The lowest BCUT2D eigenvalue weighted by molar-refractivity contribution is -0.384. The van der Waals surface area contributed by atoms with Gasteiger partial charge in [0.25, 0.3) is 5.69 Å². The summed E-state index contributed by atoms with van der Waals surface area (Å²) in [6.45, 7) is 4.40. The molecule has 128 valence electrons. The zero-order valence-corrected chi connectivity index (χ0v) is 14.0. The Morgan fingerprint density at radius 1 is 1.17 bits per heavy atom. The first-order valence-electron chi connectivity index (χ1n) is 8.29. The first-order valence-corrected chi connectivity index (χ1v) is 8.29. The molecule has 0 spiro atoms. The Morgan fingerprint density at radius 3 is 2.52 bits per heavy atom. The van der Waals surface area contributed by atoms with E-state index >= 15 is 0 Å². The van der Waals surface area contributed by atoms with Gasteiger partial charge in [0.15, 0.2) is 0 Å². The molecule has 0 fully saturated rings. The Bertz CT molecular complexity index is 517. The van der Waals surface area contributed by atoms with Crippen LogP contribution in [0.1, 0.15) is 58.8 Å². The molecule has 1 amide bonds. The van der Waals surface area contributed by atoms with Gasteiger partial charge in [-0.3, -0.25) is 14.9 Å². The van der Waals surface area contributed by atoms with Gasteiger partial charge in [0.2, 0.25) is 5.91 Å². The highest BCUT2D eigenvalue weighted by Gasteiger charge is 2.17. The van der Waals surface area contributed by atoms with Crippen molar-refractivity contribution in [1.29, 1.82) is 0 Å². The number of ether oxygens (including phenoxy) is 1. The number of nitrogens with zero attached hydrogens (tertiary/aromatic N) is 1. The molecule has 23 heavy (non-hydrogen) atoms. The van der Waals surface area contributed by atoms with Gasteiger partial charge in [0.05, 0.1) is 17.6 Å². The van der Waals surface area contributed by atoms with E-state index in [1.165, 1.54) is 31.4 Å². The number of rotatable bonds is 11. The van der Waals surface area contributed by atoms with E-state index in [0.29, 0.717) is 18.8 Å². The maximum absolute atomic E-state index is 11.9. The summed E-state index contributed by atoms with van der Waals surface area (Å²) in [5.41, 5.74) is 0.0710. The summed E-state index contributed by atoms with van der Waals surface area (Å²) in [5, 5.41) is 13.7. The lowest BCUT2D eigenvalue weighted by Crippen LogP contribution is -2.12. The van der Waals surface area contributed by atoms with Gasteiger partial charge < -0.3 is 10.1 Å². The molecule has 1 aromatic rings. The number of benzene rings is 1. The van der Waals surface area contributed by atoms with Crippen LogP contribution in [0.3, 0.4) is 0 Å². The van der Waals surface area contributed by atoms with Crippen molar-refractivity contribution in [3.8, 4) is 5.75 Å². The number of hydrogen-bond donors (Lipinski definition) is 1. The number of anilines is 1. The lowest BCUT2D eigenvalue weighted by atomic mass is 10.1. The first-order chi connectivity index (χ1) is 11.1. The molecule has 0 unspecified atom stereocenters. The molecule has 6 nitrogen and oxygen atoms in total. The summed E-state index contributed by atoms with van der Waals surface area (Å²) < 4.78 is 5.25. The fourth-order valence-corrected chi connectivity index (χ4v) is 2.30. The molecule has 0 aliphatic carbocycles. The topological polar surface area (TPSA) is 81.5 Å². The second-order valence-electron chi connectivity index (χ2n) is 5.44. The average Bonchev–Trinajstić information content (AvgIpc) is 2.52. The Hall–Kier alpha value is -2.11. The number of nitro groups is 1. The molecule has 1 rings (SSSR count). The summed E-state index contributed by atoms with van der Waals surface area (Å²) in [6.07, 6.45) is 6.95. The summed E-state index contributed by atoms with van der Waals surface area (Å²) in [7, 11) is 0. The molecular weight excluding hydrogens is 296 g/mol. The monoisotopic (exact) mass is 322 g/mol. The van der Waals surface area contributed by atoms with Crippen molar-refractivity contribution >= 4 is 17.3 Å². The van der Waals surface area contributed by atoms with Crippen LogP contribution < -0.4 is 10.1 Å². The average molecular weight is 322 g/mol. The van der Waals surface area contributed by atoms with E-state index in [-0.39, 0.29) is 17.3 Å². The van der Waals surface area contributed by atoms with Crippen molar-refractivity contribution < 1.29 is 14.5 Å². The quantitative estimate of drug-likeness (QED) is 0.364. The maximum atomic E-state index is 11.9. The van der Waals surface area contributed by atoms with E-state index in [2.05, 4.69) is 12.2 Å². The fourth-order valence-electron chi connectivity index (χ4n) is 2.30. The maximum Gasteiger partial charge on any atom is 0.296 e. The second-order valence-corrected chi connectivity index (χ2v) is 5.44. The van der Waals surface area contributed by atoms with Crippen molar-refractivity contribution in [2.45, 2.75) is 58.8 Å². The number of nitrogens with one attached hydrogen (secondary N) is 1. The third kappa shape index (κ3) is 7.13. The Morgan fingerprint density at radius 2 is 1.87 bits per heavy atom. The van der Waals surface area contributed by atoms with Crippen LogP contribution >= 0.6 is 0 Å². The summed E-state index contributed by atoms with van der Waals surface area (Å²) in [4.78, 5) is 22.5. The van der Waals surface area contributed by atoms with Crippen molar-refractivity contribution in [1.82, 2.24) is 0 Å². The van der Waals surface area contributed by atoms with Crippen LogP contribution in [0.4, 0.5) is 11.4 Å². The lowest BCUT2D eigenvalue weighted by Gasteiger charge is -2.08. The zero-order chi connectivity index (χ0) is 17.1. The minimum Gasteiger partial charge on any atom is -0.494 e. The SMILES string of the molecule is CCCCCCCCC(=O)Nc1ccc(OCC)cc1[N+](=O)[O-]. The van der Waals surface area contributed by atoms with Gasteiger partial charge in [0.1, 0.15) is 11.4 Å². The van der Waals surface area contributed by atoms with E-state index in [1.54, 1.807) is 6.07 Å². The van der Waals surface area contributed by atoms with E-state index < -0.39 is 4.92 Å². The van der Waals surface area contributed by atoms with Gasteiger partial charge in [0, 0.05) is 6.42 Å². The Labute approximate surface area is 137 Å². The van der Waals surface area contributed by atoms with Crippen molar-refractivity contribution in [2.75, 3.05) is 11.9 Å². The van der Waals surface area contributed by atoms with Gasteiger partial charge >= 0.3 is 0 Å². The smallest absolute Gasteiger partial charge is 0.296 e. The molecule has 0 saturated heterocycles. The van der Waals surface area contributed by atoms with E-state index in [9.17, 15) is 14.9 Å². The van der Waals surface area contributed by atoms with Gasteiger partial charge in [-0.2, -0.15) is 0 Å². The predicted octanol–water partition coefficient (Wildman–Crippen LogP) is 4.68. The van der Waals surface area contributed by atoms with Crippen LogP contribution in [0.2, 0.25) is 0 Å². The molecule has 0 aliphatic rings. The first kappa shape index (κ1) is 18.9. The molecule has 0 aliphatic heterocycles. The molecule has 6 heteroatoms. The van der Waals surface area contributed by atoms with E-state index in [0.717, 1.165) is 19.3 Å². The molecular formula is C17H26N2O4. The molecule has 0 bridgehead atoms. The summed E-state index contributed by atoms with van der Waals surface area (Å²) in [6, 6.07) is 4.48. The molecule has 1 aromatic carbocycles. The molecule has 1 N–H and O–H groups in total. The molecule has 0 aromatic heterocycles. The van der Waals surface area contributed by atoms with Gasteiger partial charge in [-0.1, -0.05) is 39.0 Å². The number of amides is 1. The van der Waals surface area contributed by atoms with Crippen molar-refractivity contribution in [3.63, 3.8) is 0 Å². The highest BCUT2D eigenvalue weighted by molar-refractivity contribution is 5.93. The van der Waals surface area contributed by atoms with E-state index in [4.69, 9.17) is 4.74 Å². The number of carbonyl (C=O) groups excluding carboxylic acids is 1. The van der Waals surface area contributed by atoms with Crippen LogP contribution in [-0.2, 0) is 4.79 Å². The highest BCUT2D eigenvalue weighted by atomic mass is 16.6. The zero-order valence-electron chi connectivity index (χ0n) is 14.0. The summed E-state index contributed by atoms with van der Waals surface area (Å²) in [5.74, 6) is 0.237. The van der Waals surface area contributed by atoms with Gasteiger partial charge in [-0.25, -0.2) is 0 Å². The third-order valence-corrected chi connectivity index (χ3v) is 3.51. The van der Waals surface area contributed by atoms with Crippen LogP contribution in [0.5, 0.6) is 5.75 Å². The molecule has 0 saturated carbocycles. The summed E-state index contributed by atoms with van der Waals surface area (Å²) >= 11 is 0. The second kappa shape index (κ2) is 10.6. The van der Waals surface area contributed by atoms with Crippen LogP contribution in [0.25, 0.3) is 0 Å². The third-order valence-electron chi connectivity index (χ3n) is 3.51. The standard InChI is InChI=1S/C17H26N2O4/c1-3-5-6-7-8-9-10-17(20)18-15-12-11-14(23-4-2)13-16(15)19(21)22/h11-13H,3-10H2,1-2H3,(H,18,20). The van der Waals surface area contributed by atoms with Crippen LogP contribution in [0.15, 0.2) is 18.2 Å². The number of nitro benzene ring substituents is 1. The van der Waals surface area contributed by atoms with Crippen LogP contribution in [0, 0.1) is 10.1 Å². The van der Waals surface area contributed by atoms with Crippen molar-refractivity contribution in [3.05, 3.63) is 28.3 Å². The van der Waals surface area contributed by atoms with Gasteiger partial charge in [-0.05, 0) is 25.5 Å². The molecule has 0 heterocycles. The van der Waals surface area contributed by atoms with Crippen molar-refractivity contribution in [2.24, 2.45) is 0 Å². The fraction of sp³-hybridized carbons (Fsp3) is 0.588. The predicted molar refractivity (Wildman–Crippen MR) is 90.9 cm³/mol. The minimum atomic E-state index is -0.511. The normalized spacial score (nSPS) is 10.3. The Balaban J connectivity index is 2.52.